The molecule has 88 valence electrons. The number of carbonyl (C=O) groups is 2. The first kappa shape index (κ1) is 11.3. The molecule has 0 radical (unpaired) electrons. The van der Waals surface area contributed by atoms with Crippen LogP contribution in [0.25, 0.3) is 10.9 Å². The van der Waals surface area contributed by atoms with Gasteiger partial charge in [0, 0.05) is 23.5 Å². The van der Waals surface area contributed by atoms with Crippen LogP contribution in [0.3, 0.4) is 0 Å². The summed E-state index contributed by atoms with van der Waals surface area (Å²) in [5, 5.41) is 9.54. The van der Waals surface area contributed by atoms with Gasteiger partial charge in [0.15, 0.2) is 0 Å². The summed E-state index contributed by atoms with van der Waals surface area (Å²) in [5.41, 5.74) is 1.08. The van der Waals surface area contributed by atoms with E-state index in [0.717, 1.165) is 0 Å². The van der Waals surface area contributed by atoms with Crippen molar-refractivity contribution < 1.29 is 19.1 Å². The third-order valence-electron chi connectivity index (χ3n) is 2.68. The molecule has 2 N–H and O–H groups in total. The van der Waals surface area contributed by atoms with Crippen molar-refractivity contribution in [3.8, 4) is 0 Å². The van der Waals surface area contributed by atoms with Crippen molar-refractivity contribution in [2.45, 2.75) is 12.3 Å². The maximum atomic E-state index is 13.1. The Kier molecular flexibility index (Phi) is 2.91. The van der Waals surface area contributed by atoms with Crippen molar-refractivity contribution in [2.24, 2.45) is 0 Å². The second-order valence-corrected chi connectivity index (χ2v) is 3.73. The molecule has 0 spiro atoms. The third-order valence-corrected chi connectivity index (χ3v) is 2.68. The summed E-state index contributed by atoms with van der Waals surface area (Å²) in [6, 6.07) is 4.09. The van der Waals surface area contributed by atoms with Gasteiger partial charge in [-0.15, -0.1) is 0 Å². The number of H-pyrrole nitrogens is 1. The lowest BCUT2D eigenvalue weighted by Gasteiger charge is -2.07. The summed E-state index contributed by atoms with van der Waals surface area (Å²) in [6.07, 6.45) is 1.93. The molecule has 17 heavy (non-hydrogen) atoms. The predicted octanol–water partition coefficient (Wildman–Crippen LogP) is 2.06. The Bertz CT molecular complexity index is 576. The normalized spacial score (nSPS) is 12.5. The molecular formula is C12H10FNO3. The van der Waals surface area contributed by atoms with Gasteiger partial charge in [-0.25, -0.2) is 4.39 Å². The number of aldehydes is 1. The maximum absolute atomic E-state index is 13.1. The number of nitrogens with one attached hydrogen (secondary N) is 1. The fourth-order valence-electron chi connectivity index (χ4n) is 1.86. The SMILES string of the molecule is O=CC[C@@H](C(=O)O)c1c[nH]c2ccc(F)cc12. The van der Waals surface area contributed by atoms with Gasteiger partial charge in [0.2, 0.25) is 0 Å². The van der Waals surface area contributed by atoms with E-state index in [9.17, 15) is 14.0 Å². The van der Waals surface area contributed by atoms with Crippen LogP contribution in [0.4, 0.5) is 4.39 Å². The van der Waals surface area contributed by atoms with E-state index in [1.165, 1.54) is 24.4 Å². The Hall–Kier alpha value is -2.17. The zero-order valence-corrected chi connectivity index (χ0v) is 8.81. The molecule has 0 amide bonds. The molecule has 1 heterocycles. The minimum atomic E-state index is -1.10. The monoisotopic (exact) mass is 235 g/mol. The van der Waals surface area contributed by atoms with Crippen LogP contribution < -0.4 is 0 Å². The third kappa shape index (κ3) is 2.04. The number of aromatic nitrogens is 1. The van der Waals surface area contributed by atoms with Gasteiger partial charge in [-0.1, -0.05) is 0 Å². The van der Waals surface area contributed by atoms with E-state index in [-0.39, 0.29) is 6.42 Å². The fraction of sp³-hybridized carbons (Fsp3) is 0.167. The average Bonchev–Trinajstić information content (AvgIpc) is 2.68. The quantitative estimate of drug-likeness (QED) is 0.797. The van der Waals surface area contributed by atoms with E-state index in [4.69, 9.17) is 5.11 Å². The number of carboxylic acid groups (broad SMARTS) is 1. The zero-order valence-electron chi connectivity index (χ0n) is 8.81. The van der Waals surface area contributed by atoms with Crippen LogP contribution in [-0.4, -0.2) is 22.3 Å². The first-order valence-corrected chi connectivity index (χ1v) is 5.06. The number of benzene rings is 1. The Labute approximate surface area is 96.1 Å². The average molecular weight is 235 g/mol. The Balaban J connectivity index is 2.56. The highest BCUT2D eigenvalue weighted by Gasteiger charge is 2.22. The first-order chi connectivity index (χ1) is 8.13. The van der Waals surface area contributed by atoms with Crippen molar-refractivity contribution in [1.29, 1.82) is 0 Å². The second kappa shape index (κ2) is 4.37. The van der Waals surface area contributed by atoms with Crippen molar-refractivity contribution in [3.05, 3.63) is 35.8 Å². The lowest BCUT2D eigenvalue weighted by molar-refractivity contribution is -0.139. The molecule has 0 unspecified atom stereocenters. The molecule has 1 atom stereocenters. The Morgan fingerprint density at radius 3 is 2.94 bits per heavy atom. The molecule has 2 aromatic rings. The van der Waals surface area contributed by atoms with Crippen LogP contribution in [0.15, 0.2) is 24.4 Å². The molecule has 2 rings (SSSR count). The topological polar surface area (TPSA) is 70.2 Å². The molecule has 0 aliphatic heterocycles. The fourth-order valence-corrected chi connectivity index (χ4v) is 1.86. The van der Waals surface area contributed by atoms with E-state index in [1.54, 1.807) is 0 Å². The summed E-state index contributed by atoms with van der Waals surface area (Å²) in [4.78, 5) is 24.4. The number of aliphatic carboxylic acids is 1. The van der Waals surface area contributed by atoms with Crippen molar-refractivity contribution in [1.82, 2.24) is 4.98 Å². The number of halogens is 1. The molecule has 0 saturated heterocycles. The number of carbonyl (C=O) groups excluding carboxylic acids is 1. The first-order valence-electron chi connectivity index (χ1n) is 5.06. The predicted molar refractivity (Wildman–Crippen MR) is 59.3 cm³/mol. The molecular weight excluding hydrogens is 225 g/mol. The number of fused-ring (bicyclic) bond motifs is 1. The van der Waals surface area contributed by atoms with Crippen LogP contribution in [0, 0.1) is 5.82 Å². The van der Waals surface area contributed by atoms with E-state index >= 15 is 0 Å². The van der Waals surface area contributed by atoms with Gasteiger partial charge in [0.1, 0.15) is 12.1 Å². The Morgan fingerprint density at radius 1 is 1.53 bits per heavy atom. The van der Waals surface area contributed by atoms with E-state index in [1.807, 2.05) is 0 Å². The Morgan fingerprint density at radius 2 is 2.29 bits per heavy atom. The summed E-state index contributed by atoms with van der Waals surface area (Å²) in [7, 11) is 0. The molecule has 1 aromatic carbocycles. The second-order valence-electron chi connectivity index (χ2n) is 3.73. The lowest BCUT2D eigenvalue weighted by Crippen LogP contribution is -2.11. The van der Waals surface area contributed by atoms with Gasteiger partial charge in [-0.05, 0) is 23.8 Å². The largest absolute Gasteiger partial charge is 0.481 e. The number of carboxylic acids is 1. The van der Waals surface area contributed by atoms with E-state index in [0.29, 0.717) is 22.8 Å². The summed E-state index contributed by atoms with van der Waals surface area (Å²) >= 11 is 0. The van der Waals surface area contributed by atoms with Crippen molar-refractivity contribution >= 4 is 23.2 Å². The molecule has 5 heteroatoms. The molecule has 1 aromatic heterocycles. The van der Waals surface area contributed by atoms with Gasteiger partial charge in [0.25, 0.3) is 0 Å². The number of aromatic amines is 1. The summed E-state index contributed by atoms with van der Waals surface area (Å²) < 4.78 is 13.1. The van der Waals surface area contributed by atoms with E-state index in [2.05, 4.69) is 4.98 Å². The molecule has 0 fully saturated rings. The van der Waals surface area contributed by atoms with Gasteiger partial charge in [-0.2, -0.15) is 0 Å². The number of hydrogen-bond donors (Lipinski definition) is 2. The number of hydrogen-bond acceptors (Lipinski definition) is 2. The summed E-state index contributed by atoms with van der Waals surface area (Å²) in [6.45, 7) is 0. The van der Waals surface area contributed by atoms with Gasteiger partial charge >= 0.3 is 5.97 Å². The van der Waals surface area contributed by atoms with Crippen LogP contribution in [0.2, 0.25) is 0 Å². The highest BCUT2D eigenvalue weighted by molar-refractivity contribution is 5.90. The van der Waals surface area contributed by atoms with Crippen LogP contribution >= 0.6 is 0 Å². The number of rotatable bonds is 4. The highest BCUT2D eigenvalue weighted by atomic mass is 19.1. The molecule has 0 aliphatic rings. The van der Waals surface area contributed by atoms with Crippen LogP contribution in [0.5, 0.6) is 0 Å². The van der Waals surface area contributed by atoms with Crippen LogP contribution in [-0.2, 0) is 9.59 Å². The highest BCUT2D eigenvalue weighted by Crippen LogP contribution is 2.28. The molecule has 4 nitrogen and oxygen atoms in total. The molecule has 0 aliphatic carbocycles. The van der Waals surface area contributed by atoms with Gasteiger partial charge in [-0.3, -0.25) is 4.79 Å². The molecule has 0 saturated carbocycles. The van der Waals surface area contributed by atoms with E-state index < -0.39 is 17.7 Å². The van der Waals surface area contributed by atoms with Crippen LogP contribution in [0.1, 0.15) is 17.9 Å². The maximum Gasteiger partial charge on any atom is 0.311 e. The van der Waals surface area contributed by atoms with Gasteiger partial charge < -0.3 is 14.9 Å². The van der Waals surface area contributed by atoms with Gasteiger partial charge in [0.05, 0.1) is 5.92 Å². The lowest BCUT2D eigenvalue weighted by atomic mass is 9.96. The molecule has 0 bridgehead atoms. The standard InChI is InChI=1S/C12H10FNO3/c13-7-1-2-11-9(5-7)10(6-14-11)8(3-4-15)12(16)17/h1-2,4-6,8,14H,3H2,(H,16,17)/t8-/m1/s1. The minimum Gasteiger partial charge on any atom is -0.481 e. The van der Waals surface area contributed by atoms with Crippen molar-refractivity contribution in [3.63, 3.8) is 0 Å². The summed E-state index contributed by atoms with van der Waals surface area (Å²) in [5.74, 6) is -2.47. The minimum absolute atomic E-state index is 0.126. The smallest absolute Gasteiger partial charge is 0.311 e. The zero-order chi connectivity index (χ0) is 12.4. The van der Waals surface area contributed by atoms with Crippen molar-refractivity contribution in [2.75, 3.05) is 0 Å².